The lowest BCUT2D eigenvalue weighted by atomic mass is 10.2. The van der Waals surface area contributed by atoms with E-state index >= 15 is 0 Å². The molecule has 112 valence electrons. The molecule has 8 heteroatoms. The number of benzene rings is 1. The van der Waals surface area contributed by atoms with Crippen molar-refractivity contribution < 1.29 is 9.31 Å². The third kappa shape index (κ3) is 2.84. The number of nitrogens with zero attached hydrogens (tertiary/aromatic N) is 3. The summed E-state index contributed by atoms with van der Waals surface area (Å²) in [5.74, 6) is -0.653. The van der Waals surface area contributed by atoms with Crippen LogP contribution < -0.4 is 5.32 Å². The third-order valence-corrected chi connectivity index (χ3v) is 3.30. The lowest BCUT2D eigenvalue weighted by Crippen LogP contribution is -2.03. The number of imidazole rings is 1. The third-order valence-electron chi connectivity index (χ3n) is 3.08. The maximum Gasteiger partial charge on any atom is 0.295 e. The smallest absolute Gasteiger partial charge is 0.295 e. The summed E-state index contributed by atoms with van der Waals surface area (Å²) in [5.41, 5.74) is 1.32. The molecule has 2 aromatic heterocycles. The minimum absolute atomic E-state index is 0.237. The summed E-state index contributed by atoms with van der Waals surface area (Å²) >= 11 is 5.90. The van der Waals surface area contributed by atoms with Crippen LogP contribution in [0, 0.1) is 15.9 Å². The van der Waals surface area contributed by atoms with E-state index in [0.29, 0.717) is 10.7 Å². The molecule has 0 aliphatic rings. The van der Waals surface area contributed by atoms with E-state index < -0.39 is 10.7 Å². The van der Waals surface area contributed by atoms with Gasteiger partial charge in [0.2, 0.25) is 0 Å². The lowest BCUT2D eigenvalue weighted by molar-refractivity contribution is -0.384. The molecule has 0 aliphatic heterocycles. The van der Waals surface area contributed by atoms with Crippen molar-refractivity contribution in [3.05, 3.63) is 69.4 Å². The second kappa shape index (κ2) is 5.61. The largest absolute Gasteiger partial charge is 0.374 e. The number of nitro groups is 1. The Labute approximate surface area is 129 Å². The van der Waals surface area contributed by atoms with Gasteiger partial charge < -0.3 is 9.72 Å². The van der Waals surface area contributed by atoms with Crippen LogP contribution in [0.2, 0.25) is 5.02 Å². The van der Waals surface area contributed by atoms with Crippen LogP contribution in [0.5, 0.6) is 0 Å². The fraction of sp³-hybridized carbons (Fsp3) is 0.0714. The minimum atomic E-state index is -0.653. The van der Waals surface area contributed by atoms with Crippen LogP contribution in [0.15, 0.2) is 42.7 Å². The molecule has 1 aromatic carbocycles. The molecule has 0 aliphatic carbocycles. The minimum Gasteiger partial charge on any atom is -0.374 e. The topological polar surface area (TPSA) is 72.5 Å². The highest BCUT2D eigenvalue weighted by atomic mass is 35.5. The van der Waals surface area contributed by atoms with E-state index in [2.05, 4.69) is 10.3 Å². The van der Waals surface area contributed by atoms with Crippen LogP contribution in [0.25, 0.3) is 5.65 Å². The molecule has 6 nitrogen and oxygen atoms in total. The maximum atomic E-state index is 13.1. The second-order valence-electron chi connectivity index (χ2n) is 4.62. The number of nitrogens with one attached hydrogen (secondary N) is 1. The number of rotatable bonds is 4. The highest BCUT2D eigenvalue weighted by Crippen LogP contribution is 2.25. The van der Waals surface area contributed by atoms with Gasteiger partial charge in [-0.3, -0.25) is 10.1 Å². The number of anilines is 1. The van der Waals surface area contributed by atoms with Gasteiger partial charge in [-0.25, -0.2) is 9.37 Å². The summed E-state index contributed by atoms with van der Waals surface area (Å²) in [7, 11) is 0. The van der Waals surface area contributed by atoms with Crippen molar-refractivity contribution in [2.45, 2.75) is 6.54 Å². The number of fused-ring (bicyclic) bond motifs is 1. The van der Waals surface area contributed by atoms with Crippen molar-refractivity contribution in [2.75, 3.05) is 5.32 Å². The number of hydrogen-bond donors (Lipinski definition) is 1. The van der Waals surface area contributed by atoms with E-state index in [1.807, 2.05) is 0 Å². The normalized spacial score (nSPS) is 10.8. The predicted molar refractivity (Wildman–Crippen MR) is 80.6 cm³/mol. The van der Waals surface area contributed by atoms with Crippen molar-refractivity contribution in [2.24, 2.45) is 0 Å². The summed E-state index contributed by atoms with van der Waals surface area (Å²) in [6.45, 7) is 0.270. The van der Waals surface area contributed by atoms with Crippen molar-refractivity contribution in [1.82, 2.24) is 9.38 Å². The maximum absolute atomic E-state index is 13.1. The first-order valence-corrected chi connectivity index (χ1v) is 6.72. The van der Waals surface area contributed by atoms with E-state index in [1.165, 1.54) is 12.1 Å². The standard InChI is InChI=1S/C14H10ClFN4O2/c15-9-1-4-14-18-11(8-19(14)7-9)6-17-12-3-2-10(16)5-13(12)20(21)22/h1-5,7-8,17H,6H2. The van der Waals surface area contributed by atoms with Gasteiger partial charge in [0.05, 0.1) is 28.3 Å². The zero-order valence-corrected chi connectivity index (χ0v) is 11.9. The summed E-state index contributed by atoms with van der Waals surface area (Å²) < 4.78 is 14.9. The van der Waals surface area contributed by atoms with Crippen molar-refractivity contribution in [3.8, 4) is 0 Å². The van der Waals surface area contributed by atoms with Gasteiger partial charge in [-0.2, -0.15) is 0 Å². The van der Waals surface area contributed by atoms with Crippen molar-refractivity contribution >= 4 is 28.6 Å². The van der Waals surface area contributed by atoms with E-state index in [1.54, 1.807) is 28.9 Å². The van der Waals surface area contributed by atoms with Crippen LogP contribution in [0.3, 0.4) is 0 Å². The lowest BCUT2D eigenvalue weighted by Gasteiger charge is -2.05. The molecule has 0 radical (unpaired) electrons. The van der Waals surface area contributed by atoms with Gasteiger partial charge in [0, 0.05) is 12.4 Å². The van der Waals surface area contributed by atoms with Gasteiger partial charge in [-0.15, -0.1) is 0 Å². The molecule has 22 heavy (non-hydrogen) atoms. The summed E-state index contributed by atoms with van der Waals surface area (Å²) in [5, 5.41) is 14.4. The Morgan fingerprint density at radius 2 is 2.14 bits per heavy atom. The molecule has 0 atom stereocenters. The van der Waals surface area contributed by atoms with Gasteiger partial charge in [0.15, 0.2) is 0 Å². The summed E-state index contributed by atoms with van der Waals surface area (Å²) in [6, 6.07) is 6.88. The van der Waals surface area contributed by atoms with E-state index in [0.717, 1.165) is 11.7 Å². The molecule has 0 amide bonds. The number of hydrogen-bond acceptors (Lipinski definition) is 4. The van der Waals surface area contributed by atoms with Gasteiger partial charge in [0.25, 0.3) is 5.69 Å². The highest BCUT2D eigenvalue weighted by molar-refractivity contribution is 6.30. The van der Waals surface area contributed by atoms with E-state index in [-0.39, 0.29) is 17.9 Å². The zero-order valence-electron chi connectivity index (χ0n) is 11.2. The van der Waals surface area contributed by atoms with Crippen LogP contribution in [0.4, 0.5) is 15.8 Å². The van der Waals surface area contributed by atoms with Crippen LogP contribution in [-0.2, 0) is 6.54 Å². The van der Waals surface area contributed by atoms with Gasteiger partial charge >= 0.3 is 0 Å². The molecule has 0 saturated carbocycles. The van der Waals surface area contributed by atoms with Gasteiger partial charge in [-0.05, 0) is 24.3 Å². The monoisotopic (exact) mass is 320 g/mol. The number of nitro benzene ring substituents is 1. The molecule has 0 bridgehead atoms. The van der Waals surface area contributed by atoms with Crippen molar-refractivity contribution in [3.63, 3.8) is 0 Å². The predicted octanol–water partition coefficient (Wildman–Crippen LogP) is 3.65. The van der Waals surface area contributed by atoms with E-state index in [4.69, 9.17) is 11.6 Å². The van der Waals surface area contributed by atoms with Crippen molar-refractivity contribution in [1.29, 1.82) is 0 Å². The molecule has 3 aromatic rings. The first kappa shape index (κ1) is 14.3. The van der Waals surface area contributed by atoms with E-state index in [9.17, 15) is 14.5 Å². The van der Waals surface area contributed by atoms with Crippen LogP contribution >= 0.6 is 11.6 Å². The Morgan fingerprint density at radius 1 is 1.32 bits per heavy atom. The average Bonchev–Trinajstić information content (AvgIpc) is 2.87. The number of aromatic nitrogens is 2. The Hall–Kier alpha value is -2.67. The average molecular weight is 321 g/mol. The van der Waals surface area contributed by atoms with Crippen LogP contribution in [0.1, 0.15) is 5.69 Å². The molecule has 1 N–H and O–H groups in total. The second-order valence-corrected chi connectivity index (χ2v) is 5.05. The first-order chi connectivity index (χ1) is 10.5. The Bertz CT molecular complexity index is 865. The molecule has 0 unspecified atom stereocenters. The number of pyridine rings is 1. The fourth-order valence-corrected chi connectivity index (χ4v) is 2.26. The quantitative estimate of drug-likeness (QED) is 0.588. The molecular formula is C14H10ClFN4O2. The molecular weight excluding hydrogens is 311 g/mol. The molecule has 0 fully saturated rings. The molecule has 3 rings (SSSR count). The molecule has 0 spiro atoms. The van der Waals surface area contributed by atoms with Crippen LogP contribution in [-0.4, -0.2) is 14.3 Å². The highest BCUT2D eigenvalue weighted by Gasteiger charge is 2.15. The van der Waals surface area contributed by atoms with Gasteiger partial charge in [0.1, 0.15) is 17.2 Å². The zero-order chi connectivity index (χ0) is 15.7. The molecule has 2 heterocycles. The first-order valence-electron chi connectivity index (χ1n) is 6.34. The Kier molecular flexibility index (Phi) is 3.64. The Morgan fingerprint density at radius 3 is 2.91 bits per heavy atom. The number of halogens is 2. The SMILES string of the molecule is O=[N+]([O-])c1cc(F)ccc1NCc1cn2cc(Cl)ccc2n1. The summed E-state index contributed by atoms with van der Waals surface area (Å²) in [4.78, 5) is 14.7. The fourth-order valence-electron chi connectivity index (χ4n) is 2.09. The summed E-state index contributed by atoms with van der Waals surface area (Å²) in [6.07, 6.45) is 3.48. The molecule has 0 saturated heterocycles. The van der Waals surface area contributed by atoms with Gasteiger partial charge in [-0.1, -0.05) is 11.6 Å². The Balaban J connectivity index is 1.83.